The molecule has 0 bridgehead atoms. The Morgan fingerprint density at radius 1 is 1.00 bits per heavy atom. The molecule has 20 heavy (non-hydrogen) atoms. The summed E-state index contributed by atoms with van der Waals surface area (Å²) < 4.78 is 12.3. The smallest absolute Gasteiger partial charge is 0.222 e. The van der Waals surface area contributed by atoms with Gasteiger partial charge in [0.25, 0.3) is 0 Å². The van der Waals surface area contributed by atoms with E-state index >= 15 is 0 Å². The van der Waals surface area contributed by atoms with Crippen molar-refractivity contribution in [2.45, 2.75) is 24.9 Å². The number of rotatable bonds is 3. The van der Waals surface area contributed by atoms with Crippen molar-refractivity contribution in [3.05, 3.63) is 71.8 Å². The summed E-state index contributed by atoms with van der Waals surface area (Å²) in [5, 5.41) is 0. The molecule has 3 heteroatoms. The van der Waals surface area contributed by atoms with Gasteiger partial charge in [0.1, 0.15) is 0 Å². The molecule has 0 radical (unpaired) electrons. The molecule has 2 aromatic carbocycles. The van der Waals surface area contributed by atoms with Crippen molar-refractivity contribution in [1.29, 1.82) is 0 Å². The zero-order chi connectivity index (χ0) is 14.0. The van der Waals surface area contributed by atoms with Crippen LogP contribution in [0.5, 0.6) is 0 Å². The number of benzene rings is 2. The quantitative estimate of drug-likeness (QED) is 0.931. The Kier molecular flexibility index (Phi) is 3.57. The van der Waals surface area contributed by atoms with E-state index in [0.717, 1.165) is 11.1 Å². The molecule has 1 saturated heterocycles. The van der Waals surface area contributed by atoms with Crippen molar-refractivity contribution in [1.82, 2.24) is 0 Å². The maximum Gasteiger partial charge on any atom is 0.222 e. The van der Waals surface area contributed by atoms with Crippen molar-refractivity contribution in [3.8, 4) is 0 Å². The molecule has 0 amide bonds. The Balaban J connectivity index is 2.06. The van der Waals surface area contributed by atoms with Crippen LogP contribution in [-0.2, 0) is 15.3 Å². The molecule has 0 aliphatic carbocycles. The van der Waals surface area contributed by atoms with E-state index < -0.39 is 5.79 Å². The first-order valence-corrected chi connectivity index (χ1v) is 6.91. The molecule has 2 atom stereocenters. The van der Waals surface area contributed by atoms with E-state index in [2.05, 4.69) is 0 Å². The van der Waals surface area contributed by atoms with Gasteiger partial charge in [0.2, 0.25) is 5.79 Å². The van der Waals surface area contributed by atoms with Gasteiger partial charge in [-0.15, -0.1) is 0 Å². The molecule has 2 aromatic rings. The molecule has 1 aliphatic heterocycles. The monoisotopic (exact) mass is 269 g/mol. The summed E-state index contributed by atoms with van der Waals surface area (Å²) in [6.45, 7) is 2.45. The average molecular weight is 269 g/mol. The second-order valence-electron chi connectivity index (χ2n) is 5.18. The zero-order valence-corrected chi connectivity index (χ0v) is 11.5. The van der Waals surface area contributed by atoms with E-state index in [1.807, 2.05) is 67.6 Å². The van der Waals surface area contributed by atoms with Crippen LogP contribution >= 0.6 is 0 Å². The van der Waals surface area contributed by atoms with E-state index in [4.69, 9.17) is 15.2 Å². The molecule has 0 unspecified atom stereocenters. The molecule has 3 rings (SSSR count). The average Bonchev–Trinajstić information content (AvgIpc) is 2.96. The normalized spacial score (nSPS) is 22.6. The van der Waals surface area contributed by atoms with Crippen molar-refractivity contribution < 1.29 is 9.47 Å². The Labute approximate surface area is 119 Å². The van der Waals surface area contributed by atoms with Crippen molar-refractivity contribution in [2.24, 2.45) is 5.73 Å². The van der Waals surface area contributed by atoms with Gasteiger partial charge in [-0.05, 0) is 6.92 Å². The maximum atomic E-state index is 6.24. The van der Waals surface area contributed by atoms with Crippen LogP contribution in [0.2, 0.25) is 0 Å². The minimum atomic E-state index is -0.846. The first-order chi connectivity index (χ1) is 9.72. The van der Waals surface area contributed by atoms with Gasteiger partial charge in [0, 0.05) is 17.2 Å². The van der Waals surface area contributed by atoms with E-state index in [1.165, 1.54) is 0 Å². The maximum absolute atomic E-state index is 6.24. The van der Waals surface area contributed by atoms with E-state index in [-0.39, 0.29) is 12.1 Å². The minimum Gasteiger partial charge on any atom is -0.339 e. The Morgan fingerprint density at radius 3 is 1.90 bits per heavy atom. The summed E-state index contributed by atoms with van der Waals surface area (Å²) in [4.78, 5) is 0. The van der Waals surface area contributed by atoms with Crippen LogP contribution in [0, 0.1) is 0 Å². The second-order valence-corrected chi connectivity index (χ2v) is 5.18. The van der Waals surface area contributed by atoms with E-state index in [1.54, 1.807) is 0 Å². The second kappa shape index (κ2) is 5.37. The summed E-state index contributed by atoms with van der Waals surface area (Å²) >= 11 is 0. The molecule has 0 spiro atoms. The van der Waals surface area contributed by atoms with Crippen LogP contribution < -0.4 is 5.73 Å². The number of hydrogen-bond donors (Lipinski definition) is 1. The van der Waals surface area contributed by atoms with Crippen LogP contribution in [-0.4, -0.2) is 18.8 Å². The first-order valence-electron chi connectivity index (χ1n) is 6.91. The highest BCUT2D eigenvalue weighted by atomic mass is 16.7. The summed E-state index contributed by atoms with van der Waals surface area (Å²) in [5.74, 6) is -0.846. The van der Waals surface area contributed by atoms with Crippen molar-refractivity contribution in [2.75, 3.05) is 6.61 Å². The molecule has 104 valence electrons. The standard InChI is InChI=1S/C17H19NO2/c1-13(18)16-12-19-17(20-16,14-8-4-2-5-9-14)15-10-6-3-7-11-15/h2-11,13,16H,12,18H2,1H3/t13-,16+/m0/s1. The summed E-state index contributed by atoms with van der Waals surface area (Å²) in [6, 6.07) is 20.0. The topological polar surface area (TPSA) is 44.5 Å². The van der Waals surface area contributed by atoms with Gasteiger partial charge in [0.05, 0.1) is 12.7 Å². The van der Waals surface area contributed by atoms with Crippen LogP contribution in [0.3, 0.4) is 0 Å². The van der Waals surface area contributed by atoms with Gasteiger partial charge >= 0.3 is 0 Å². The molecule has 3 nitrogen and oxygen atoms in total. The van der Waals surface area contributed by atoms with E-state index in [0.29, 0.717) is 6.61 Å². The molecule has 0 saturated carbocycles. The summed E-state index contributed by atoms with van der Waals surface area (Å²) in [6.07, 6.45) is -0.101. The van der Waals surface area contributed by atoms with Crippen LogP contribution in [0.1, 0.15) is 18.1 Å². The lowest BCUT2D eigenvalue weighted by Gasteiger charge is -2.29. The van der Waals surface area contributed by atoms with Crippen molar-refractivity contribution >= 4 is 0 Å². The molecular formula is C17H19NO2. The lowest BCUT2D eigenvalue weighted by Crippen LogP contribution is -2.36. The highest BCUT2D eigenvalue weighted by Gasteiger charge is 2.45. The Bertz CT molecular complexity index is 514. The Hall–Kier alpha value is -1.68. The van der Waals surface area contributed by atoms with Gasteiger partial charge in [-0.3, -0.25) is 0 Å². The highest BCUT2D eigenvalue weighted by molar-refractivity contribution is 5.34. The van der Waals surface area contributed by atoms with Gasteiger partial charge in [-0.1, -0.05) is 60.7 Å². The predicted octanol–water partition coefficient (Wildman–Crippen LogP) is 2.65. The fraction of sp³-hybridized carbons (Fsp3) is 0.294. The largest absolute Gasteiger partial charge is 0.339 e. The first kappa shape index (κ1) is 13.3. The van der Waals surface area contributed by atoms with Gasteiger partial charge in [0.15, 0.2) is 0 Å². The zero-order valence-electron chi connectivity index (χ0n) is 11.5. The number of nitrogens with two attached hydrogens (primary N) is 1. The summed E-state index contributed by atoms with van der Waals surface area (Å²) in [5.41, 5.74) is 7.96. The lowest BCUT2D eigenvalue weighted by molar-refractivity contribution is -0.144. The Morgan fingerprint density at radius 2 is 1.50 bits per heavy atom. The third-order valence-electron chi connectivity index (χ3n) is 3.66. The molecule has 0 aromatic heterocycles. The highest BCUT2D eigenvalue weighted by Crippen LogP contribution is 2.40. The fourth-order valence-corrected chi connectivity index (χ4v) is 2.52. The van der Waals surface area contributed by atoms with Gasteiger partial charge in [-0.2, -0.15) is 0 Å². The van der Waals surface area contributed by atoms with Gasteiger partial charge < -0.3 is 15.2 Å². The molecule has 2 N–H and O–H groups in total. The molecule has 1 heterocycles. The van der Waals surface area contributed by atoms with E-state index in [9.17, 15) is 0 Å². The van der Waals surface area contributed by atoms with Crippen molar-refractivity contribution in [3.63, 3.8) is 0 Å². The predicted molar refractivity (Wildman–Crippen MR) is 78.1 cm³/mol. The number of ether oxygens (including phenoxy) is 2. The minimum absolute atomic E-state index is 0.0655. The number of hydrogen-bond acceptors (Lipinski definition) is 3. The SMILES string of the molecule is C[C@H](N)[C@H]1COC(c2ccccc2)(c2ccccc2)O1. The van der Waals surface area contributed by atoms with Crippen LogP contribution in [0.4, 0.5) is 0 Å². The molecule has 1 aliphatic rings. The summed E-state index contributed by atoms with van der Waals surface area (Å²) in [7, 11) is 0. The third-order valence-corrected chi connectivity index (χ3v) is 3.66. The van der Waals surface area contributed by atoms with Crippen LogP contribution in [0.25, 0.3) is 0 Å². The van der Waals surface area contributed by atoms with Gasteiger partial charge in [-0.25, -0.2) is 0 Å². The lowest BCUT2D eigenvalue weighted by atomic mass is 9.97. The molecule has 1 fully saturated rings. The third kappa shape index (κ3) is 2.24. The van der Waals surface area contributed by atoms with Crippen LogP contribution in [0.15, 0.2) is 60.7 Å². The fourth-order valence-electron chi connectivity index (χ4n) is 2.52. The molecular weight excluding hydrogens is 250 g/mol.